The molecule has 0 saturated carbocycles. The van der Waals surface area contributed by atoms with Crippen molar-refractivity contribution in [2.75, 3.05) is 6.61 Å². The molecule has 2 aromatic rings. The highest BCUT2D eigenvalue weighted by atomic mass is 16.5. The SMILES string of the molecule is CCOC(=O)[C@H](C)N[C@@H](Cc1ccc(-c2ccccc2)cc1)C(=O)N/C(=N/N)NN. The van der Waals surface area contributed by atoms with Crippen LogP contribution in [0.15, 0.2) is 59.7 Å². The minimum atomic E-state index is -0.753. The van der Waals surface area contributed by atoms with E-state index in [0.29, 0.717) is 6.42 Å². The smallest absolute Gasteiger partial charge is 0.322 e. The van der Waals surface area contributed by atoms with Gasteiger partial charge in [-0.3, -0.25) is 25.6 Å². The van der Waals surface area contributed by atoms with Gasteiger partial charge in [-0.15, -0.1) is 5.10 Å². The first-order valence-corrected chi connectivity index (χ1v) is 9.60. The van der Waals surface area contributed by atoms with Gasteiger partial charge < -0.3 is 10.6 Å². The molecular formula is C21H28N6O3. The maximum Gasteiger partial charge on any atom is 0.322 e. The first-order valence-electron chi connectivity index (χ1n) is 9.60. The van der Waals surface area contributed by atoms with Crippen LogP contribution in [-0.4, -0.2) is 36.5 Å². The van der Waals surface area contributed by atoms with E-state index in [0.717, 1.165) is 16.7 Å². The number of nitrogens with one attached hydrogen (secondary N) is 3. The zero-order valence-corrected chi connectivity index (χ0v) is 17.1. The van der Waals surface area contributed by atoms with Gasteiger partial charge >= 0.3 is 5.97 Å². The van der Waals surface area contributed by atoms with Crippen molar-refractivity contribution in [3.05, 3.63) is 60.2 Å². The van der Waals surface area contributed by atoms with E-state index >= 15 is 0 Å². The van der Waals surface area contributed by atoms with Crippen molar-refractivity contribution in [3.8, 4) is 11.1 Å². The maximum absolute atomic E-state index is 12.7. The monoisotopic (exact) mass is 412 g/mol. The van der Waals surface area contributed by atoms with Crippen molar-refractivity contribution in [3.63, 3.8) is 0 Å². The Morgan fingerprint density at radius 1 is 1.07 bits per heavy atom. The number of carbonyl (C=O) groups is 2. The summed E-state index contributed by atoms with van der Waals surface area (Å²) in [5.41, 5.74) is 5.27. The van der Waals surface area contributed by atoms with Crippen molar-refractivity contribution in [1.82, 2.24) is 16.1 Å². The Kier molecular flexibility index (Phi) is 8.79. The average molecular weight is 412 g/mol. The van der Waals surface area contributed by atoms with Gasteiger partial charge in [0.05, 0.1) is 12.6 Å². The predicted octanol–water partition coefficient (Wildman–Crippen LogP) is 0.615. The van der Waals surface area contributed by atoms with Gasteiger partial charge in [-0.25, -0.2) is 5.84 Å². The zero-order chi connectivity index (χ0) is 21.9. The van der Waals surface area contributed by atoms with Gasteiger partial charge in [0.15, 0.2) is 0 Å². The molecule has 0 saturated heterocycles. The fourth-order valence-electron chi connectivity index (χ4n) is 2.87. The summed E-state index contributed by atoms with van der Waals surface area (Å²) in [6, 6.07) is 16.4. The van der Waals surface area contributed by atoms with Crippen LogP contribution in [0.5, 0.6) is 0 Å². The van der Waals surface area contributed by atoms with Crippen molar-refractivity contribution >= 4 is 17.8 Å². The molecule has 0 aliphatic rings. The molecule has 7 N–H and O–H groups in total. The Morgan fingerprint density at radius 3 is 2.27 bits per heavy atom. The van der Waals surface area contributed by atoms with Crippen LogP contribution >= 0.6 is 0 Å². The number of benzene rings is 2. The lowest BCUT2D eigenvalue weighted by Gasteiger charge is -2.22. The third-order valence-electron chi connectivity index (χ3n) is 4.42. The Morgan fingerprint density at radius 2 is 1.70 bits per heavy atom. The molecule has 30 heavy (non-hydrogen) atoms. The number of esters is 1. The quantitative estimate of drug-likeness (QED) is 0.140. The molecule has 1 amide bonds. The minimum absolute atomic E-state index is 0.0880. The molecule has 0 heterocycles. The van der Waals surface area contributed by atoms with E-state index < -0.39 is 24.0 Å². The highest BCUT2D eigenvalue weighted by Gasteiger charge is 2.25. The van der Waals surface area contributed by atoms with E-state index in [-0.39, 0.29) is 12.6 Å². The van der Waals surface area contributed by atoms with Gasteiger partial charge in [0.1, 0.15) is 6.04 Å². The molecule has 0 aromatic heterocycles. The molecule has 0 radical (unpaired) electrons. The fraction of sp³-hybridized carbons (Fsp3) is 0.286. The lowest BCUT2D eigenvalue weighted by molar-refractivity contribution is -0.145. The number of nitrogens with two attached hydrogens (primary N) is 2. The molecule has 2 rings (SSSR count). The number of hydrogen-bond donors (Lipinski definition) is 5. The largest absolute Gasteiger partial charge is 0.465 e. The van der Waals surface area contributed by atoms with Gasteiger partial charge in [-0.1, -0.05) is 54.6 Å². The van der Waals surface area contributed by atoms with Crippen molar-refractivity contribution in [1.29, 1.82) is 0 Å². The van der Waals surface area contributed by atoms with Crippen LogP contribution < -0.4 is 27.7 Å². The van der Waals surface area contributed by atoms with Crippen molar-refractivity contribution in [2.45, 2.75) is 32.4 Å². The Balaban J connectivity index is 2.16. The van der Waals surface area contributed by atoms with Gasteiger partial charge in [0.2, 0.25) is 11.9 Å². The van der Waals surface area contributed by atoms with Gasteiger partial charge in [-0.2, -0.15) is 0 Å². The van der Waals surface area contributed by atoms with Crippen LogP contribution in [0.1, 0.15) is 19.4 Å². The second kappa shape index (κ2) is 11.5. The van der Waals surface area contributed by atoms with Crippen LogP contribution in [0.4, 0.5) is 0 Å². The van der Waals surface area contributed by atoms with E-state index in [9.17, 15) is 9.59 Å². The normalized spacial score (nSPS) is 13.2. The van der Waals surface area contributed by atoms with E-state index in [1.165, 1.54) is 0 Å². The Bertz CT molecular complexity index is 855. The summed E-state index contributed by atoms with van der Waals surface area (Å²) < 4.78 is 5.01. The van der Waals surface area contributed by atoms with Crippen LogP contribution in [-0.2, 0) is 20.7 Å². The molecule has 0 aliphatic heterocycles. The van der Waals surface area contributed by atoms with Crippen LogP contribution in [0, 0.1) is 0 Å². The number of hydrazone groups is 1. The number of amides is 1. The topological polar surface area (TPSA) is 144 Å². The number of hydrazine groups is 1. The van der Waals surface area contributed by atoms with E-state index in [4.69, 9.17) is 16.4 Å². The standard InChI is InChI=1S/C21H28N6O3/c1-3-30-20(29)14(2)24-18(19(28)25-21(26-22)27-23)13-15-9-11-17(12-10-15)16-7-5-4-6-8-16/h4-12,14,18,24H,3,13,22-23H2,1-2H3,(H2,25,26,27,28)/t14-,18-/m0/s1. The minimum Gasteiger partial charge on any atom is -0.465 e. The predicted molar refractivity (Wildman–Crippen MR) is 116 cm³/mol. The third kappa shape index (κ3) is 6.57. The van der Waals surface area contributed by atoms with Gasteiger partial charge in [0.25, 0.3) is 0 Å². The van der Waals surface area contributed by atoms with Crippen LogP contribution in [0.3, 0.4) is 0 Å². The molecule has 0 fully saturated rings. The number of nitrogens with zero attached hydrogens (tertiary/aromatic N) is 1. The second-order valence-corrected chi connectivity index (χ2v) is 6.57. The summed E-state index contributed by atoms with van der Waals surface area (Å²) in [6.45, 7) is 3.61. The zero-order valence-electron chi connectivity index (χ0n) is 17.1. The fourth-order valence-corrected chi connectivity index (χ4v) is 2.87. The van der Waals surface area contributed by atoms with Crippen LogP contribution in [0.2, 0.25) is 0 Å². The summed E-state index contributed by atoms with van der Waals surface area (Å²) in [5.74, 6) is 9.48. The third-order valence-corrected chi connectivity index (χ3v) is 4.42. The molecule has 0 spiro atoms. The maximum atomic E-state index is 12.7. The number of ether oxygens (including phenoxy) is 1. The molecule has 0 bridgehead atoms. The summed E-state index contributed by atoms with van der Waals surface area (Å²) >= 11 is 0. The van der Waals surface area contributed by atoms with E-state index in [1.54, 1.807) is 13.8 Å². The first-order chi connectivity index (χ1) is 14.5. The molecular weight excluding hydrogens is 384 g/mol. The van der Waals surface area contributed by atoms with Crippen molar-refractivity contribution in [2.24, 2.45) is 16.8 Å². The lowest BCUT2D eigenvalue weighted by Crippen LogP contribution is -2.55. The summed E-state index contributed by atoms with van der Waals surface area (Å²) in [7, 11) is 0. The van der Waals surface area contributed by atoms with E-state index in [2.05, 4.69) is 21.2 Å². The van der Waals surface area contributed by atoms with Gasteiger partial charge in [-0.05, 0) is 37.0 Å². The lowest BCUT2D eigenvalue weighted by atomic mass is 10.00. The van der Waals surface area contributed by atoms with Gasteiger partial charge in [0, 0.05) is 0 Å². The van der Waals surface area contributed by atoms with Crippen LogP contribution in [0.25, 0.3) is 11.1 Å². The molecule has 9 nitrogen and oxygen atoms in total. The Labute approximate surface area is 175 Å². The average Bonchev–Trinajstić information content (AvgIpc) is 2.78. The molecule has 2 atom stereocenters. The summed E-state index contributed by atoms with van der Waals surface area (Å²) in [6.07, 6.45) is 0.326. The highest BCUT2D eigenvalue weighted by molar-refractivity contribution is 5.99. The number of hydrogen-bond acceptors (Lipinski definition) is 7. The van der Waals surface area contributed by atoms with E-state index in [1.807, 2.05) is 54.6 Å². The molecule has 2 aromatic carbocycles. The highest BCUT2D eigenvalue weighted by Crippen LogP contribution is 2.19. The molecule has 160 valence electrons. The second-order valence-electron chi connectivity index (χ2n) is 6.57. The summed E-state index contributed by atoms with van der Waals surface area (Å²) in [5, 5.41) is 8.84. The number of rotatable bonds is 8. The number of carbonyl (C=O) groups excluding carboxylic acids is 2. The van der Waals surface area contributed by atoms with Crippen molar-refractivity contribution < 1.29 is 14.3 Å². The molecule has 9 heteroatoms. The Hall–Kier alpha value is -3.43. The number of guanidine groups is 1. The molecule has 0 aliphatic carbocycles. The molecule has 0 unspecified atom stereocenters. The summed E-state index contributed by atoms with van der Waals surface area (Å²) in [4.78, 5) is 24.7. The first kappa shape index (κ1) is 22.9.